The lowest BCUT2D eigenvalue weighted by molar-refractivity contribution is 0.102. The van der Waals surface area contributed by atoms with Crippen molar-refractivity contribution in [2.75, 3.05) is 5.32 Å². The number of hydrogen-bond donors (Lipinski definition) is 1. The average molecular weight is 365 g/mol. The van der Waals surface area contributed by atoms with Crippen molar-refractivity contribution in [3.05, 3.63) is 71.4 Å². The van der Waals surface area contributed by atoms with Crippen molar-refractivity contribution in [1.82, 2.24) is 10.1 Å². The minimum atomic E-state index is -0.156. The Hall–Kier alpha value is -3.15. The summed E-state index contributed by atoms with van der Waals surface area (Å²) in [6.07, 6.45) is 3.41. The second-order valence-corrected chi connectivity index (χ2v) is 6.30. The topological polar surface area (TPSA) is 77.2 Å². The van der Waals surface area contributed by atoms with Crippen LogP contribution in [0.25, 0.3) is 0 Å². The first-order chi connectivity index (χ1) is 13.1. The number of rotatable bonds is 8. The first-order valence-corrected chi connectivity index (χ1v) is 9.06. The van der Waals surface area contributed by atoms with Gasteiger partial charge in [0.25, 0.3) is 5.91 Å². The maximum Gasteiger partial charge on any atom is 0.255 e. The molecule has 1 heterocycles. The second-order valence-electron chi connectivity index (χ2n) is 6.30. The summed E-state index contributed by atoms with van der Waals surface area (Å²) >= 11 is 0. The van der Waals surface area contributed by atoms with Crippen molar-refractivity contribution < 1.29 is 14.1 Å². The van der Waals surface area contributed by atoms with Crippen molar-refractivity contribution >= 4 is 11.6 Å². The van der Waals surface area contributed by atoms with Gasteiger partial charge in [-0.25, -0.2) is 0 Å². The molecule has 6 heteroatoms. The molecule has 2 aromatic carbocycles. The SMILES string of the molecule is CCCCc1ccc(NC(=O)c2ccc(OCc3noc(C)n3)cc2)cc1. The Morgan fingerprint density at radius 1 is 1.11 bits per heavy atom. The molecule has 0 saturated carbocycles. The van der Waals surface area contributed by atoms with Crippen molar-refractivity contribution in [2.45, 2.75) is 39.7 Å². The monoisotopic (exact) mass is 365 g/mol. The number of hydrogen-bond acceptors (Lipinski definition) is 5. The number of carbonyl (C=O) groups excluding carboxylic acids is 1. The standard InChI is InChI=1S/C21H23N3O3/c1-3-4-5-16-6-10-18(11-7-16)23-21(25)17-8-12-19(13-9-17)26-14-20-22-15(2)27-24-20/h6-13H,3-5,14H2,1-2H3,(H,23,25). The maximum absolute atomic E-state index is 12.4. The number of aryl methyl sites for hydroxylation is 2. The highest BCUT2D eigenvalue weighted by atomic mass is 16.5. The molecule has 0 saturated heterocycles. The molecule has 0 bridgehead atoms. The van der Waals surface area contributed by atoms with Crippen molar-refractivity contribution in [3.63, 3.8) is 0 Å². The molecule has 140 valence electrons. The molecule has 27 heavy (non-hydrogen) atoms. The van der Waals surface area contributed by atoms with Crippen molar-refractivity contribution in [2.24, 2.45) is 0 Å². The van der Waals surface area contributed by atoms with Gasteiger partial charge in [-0.3, -0.25) is 4.79 Å². The first-order valence-electron chi connectivity index (χ1n) is 9.06. The smallest absolute Gasteiger partial charge is 0.255 e. The van der Waals surface area contributed by atoms with E-state index in [1.54, 1.807) is 31.2 Å². The van der Waals surface area contributed by atoms with Crippen LogP contribution >= 0.6 is 0 Å². The summed E-state index contributed by atoms with van der Waals surface area (Å²) in [4.78, 5) is 16.5. The first kappa shape index (κ1) is 18.6. The lowest BCUT2D eigenvalue weighted by Gasteiger charge is -2.08. The number of nitrogens with zero attached hydrogens (tertiary/aromatic N) is 2. The van der Waals surface area contributed by atoms with E-state index in [9.17, 15) is 4.79 Å². The molecule has 0 aliphatic rings. The molecular formula is C21H23N3O3. The van der Waals surface area contributed by atoms with E-state index < -0.39 is 0 Å². The minimum Gasteiger partial charge on any atom is -0.485 e. The summed E-state index contributed by atoms with van der Waals surface area (Å²) in [6.45, 7) is 4.12. The van der Waals surface area contributed by atoms with Gasteiger partial charge in [-0.15, -0.1) is 0 Å². The van der Waals surface area contributed by atoms with E-state index in [0.29, 0.717) is 23.0 Å². The van der Waals surface area contributed by atoms with E-state index in [2.05, 4.69) is 34.5 Å². The molecule has 3 aromatic rings. The highest BCUT2D eigenvalue weighted by molar-refractivity contribution is 6.04. The molecule has 0 aliphatic heterocycles. The van der Waals surface area contributed by atoms with Crippen LogP contribution in [0.4, 0.5) is 5.69 Å². The zero-order valence-corrected chi connectivity index (χ0v) is 15.6. The molecule has 3 rings (SSSR count). The third-order valence-electron chi connectivity index (χ3n) is 4.08. The fraction of sp³-hybridized carbons (Fsp3) is 0.286. The molecule has 0 spiro atoms. The van der Waals surface area contributed by atoms with Crippen LogP contribution in [0, 0.1) is 6.92 Å². The second kappa shape index (κ2) is 8.98. The van der Waals surface area contributed by atoms with Crippen LogP contribution in [0.15, 0.2) is 53.1 Å². The summed E-state index contributed by atoms with van der Waals surface area (Å²) in [6, 6.07) is 14.9. The highest BCUT2D eigenvalue weighted by Crippen LogP contribution is 2.16. The van der Waals surface area contributed by atoms with Crippen LogP contribution in [-0.4, -0.2) is 16.0 Å². The molecule has 6 nitrogen and oxygen atoms in total. The van der Waals surface area contributed by atoms with Crippen LogP contribution in [0.5, 0.6) is 5.75 Å². The number of anilines is 1. The fourth-order valence-corrected chi connectivity index (χ4v) is 2.59. The number of aromatic nitrogens is 2. The molecular weight excluding hydrogens is 342 g/mol. The van der Waals surface area contributed by atoms with Crippen LogP contribution < -0.4 is 10.1 Å². The molecule has 0 aliphatic carbocycles. The summed E-state index contributed by atoms with van der Waals surface area (Å²) < 4.78 is 10.5. The molecule has 0 atom stereocenters. The normalized spacial score (nSPS) is 10.6. The van der Waals surface area contributed by atoms with E-state index in [1.165, 1.54) is 18.4 Å². The molecule has 0 unspecified atom stereocenters. The lowest BCUT2D eigenvalue weighted by Crippen LogP contribution is -2.11. The Labute approximate surface area is 158 Å². The Morgan fingerprint density at radius 3 is 2.48 bits per heavy atom. The zero-order valence-electron chi connectivity index (χ0n) is 15.6. The largest absolute Gasteiger partial charge is 0.485 e. The number of nitrogens with one attached hydrogen (secondary N) is 1. The van der Waals surface area contributed by atoms with Crippen LogP contribution in [0.1, 0.15) is 47.4 Å². The molecule has 1 N–H and O–H groups in total. The molecule has 0 radical (unpaired) electrons. The van der Waals surface area contributed by atoms with Crippen LogP contribution in [-0.2, 0) is 13.0 Å². The van der Waals surface area contributed by atoms with Crippen molar-refractivity contribution in [3.8, 4) is 5.75 Å². The van der Waals surface area contributed by atoms with Gasteiger partial charge in [0, 0.05) is 18.2 Å². The number of unbranched alkanes of at least 4 members (excludes halogenated alkanes) is 1. The summed E-state index contributed by atoms with van der Waals surface area (Å²) in [5, 5.41) is 6.68. The Morgan fingerprint density at radius 2 is 1.85 bits per heavy atom. The van der Waals surface area contributed by atoms with Gasteiger partial charge >= 0.3 is 0 Å². The average Bonchev–Trinajstić information content (AvgIpc) is 3.11. The van der Waals surface area contributed by atoms with Gasteiger partial charge in [0.2, 0.25) is 11.7 Å². The van der Waals surface area contributed by atoms with E-state index in [1.807, 2.05) is 12.1 Å². The molecule has 1 aromatic heterocycles. The minimum absolute atomic E-state index is 0.156. The van der Waals surface area contributed by atoms with Gasteiger partial charge in [0.1, 0.15) is 5.75 Å². The van der Waals surface area contributed by atoms with Crippen LogP contribution in [0.3, 0.4) is 0 Å². The van der Waals surface area contributed by atoms with E-state index in [-0.39, 0.29) is 12.5 Å². The fourth-order valence-electron chi connectivity index (χ4n) is 2.59. The van der Waals surface area contributed by atoms with Gasteiger partial charge < -0.3 is 14.6 Å². The highest BCUT2D eigenvalue weighted by Gasteiger charge is 2.08. The van der Waals surface area contributed by atoms with Crippen molar-refractivity contribution in [1.29, 1.82) is 0 Å². The number of carbonyl (C=O) groups is 1. The number of benzene rings is 2. The van der Waals surface area contributed by atoms with Crippen LogP contribution in [0.2, 0.25) is 0 Å². The molecule has 1 amide bonds. The van der Waals surface area contributed by atoms with Gasteiger partial charge in [0.15, 0.2) is 6.61 Å². The zero-order chi connectivity index (χ0) is 19.1. The third kappa shape index (κ3) is 5.41. The van der Waals surface area contributed by atoms with E-state index in [4.69, 9.17) is 9.26 Å². The maximum atomic E-state index is 12.4. The predicted molar refractivity (Wildman–Crippen MR) is 103 cm³/mol. The van der Waals surface area contributed by atoms with Gasteiger partial charge in [-0.1, -0.05) is 30.6 Å². The Kier molecular flexibility index (Phi) is 6.20. The quantitative estimate of drug-likeness (QED) is 0.633. The van der Waals surface area contributed by atoms with E-state index in [0.717, 1.165) is 12.1 Å². The summed E-state index contributed by atoms with van der Waals surface area (Å²) in [7, 11) is 0. The predicted octanol–water partition coefficient (Wildman–Crippen LogP) is 4.55. The lowest BCUT2D eigenvalue weighted by atomic mass is 10.1. The summed E-state index contributed by atoms with van der Waals surface area (Å²) in [5.74, 6) is 1.46. The van der Waals surface area contributed by atoms with E-state index >= 15 is 0 Å². The Balaban J connectivity index is 1.53. The third-order valence-corrected chi connectivity index (χ3v) is 4.08. The number of amides is 1. The van der Waals surface area contributed by atoms with Gasteiger partial charge in [-0.05, 0) is 54.8 Å². The summed E-state index contributed by atoms with van der Waals surface area (Å²) in [5.41, 5.74) is 2.63. The molecule has 0 fully saturated rings. The van der Waals surface area contributed by atoms with Gasteiger partial charge in [0.05, 0.1) is 0 Å². The van der Waals surface area contributed by atoms with Gasteiger partial charge in [-0.2, -0.15) is 4.98 Å². The number of ether oxygens (including phenoxy) is 1. The Bertz CT molecular complexity index is 870.